The van der Waals surface area contributed by atoms with Crippen molar-refractivity contribution >= 4 is 41.4 Å². The molecule has 1 unspecified atom stereocenters. The summed E-state index contributed by atoms with van der Waals surface area (Å²) in [6, 6.07) is 9.90. The molecular formula is C24H32Cl2N4O. The molecule has 2 heterocycles. The first-order chi connectivity index (χ1) is 14.5. The number of aryl methyl sites for hydroxylation is 1. The molecule has 2 N–H and O–H groups in total. The van der Waals surface area contributed by atoms with Gasteiger partial charge in [-0.15, -0.1) is 12.4 Å². The minimum Gasteiger partial charge on any atom is -0.384 e. The lowest BCUT2D eigenvalue weighted by atomic mass is 9.95. The van der Waals surface area contributed by atoms with Gasteiger partial charge in [0.1, 0.15) is 5.82 Å². The van der Waals surface area contributed by atoms with Gasteiger partial charge in [0.2, 0.25) is 0 Å². The van der Waals surface area contributed by atoms with Crippen molar-refractivity contribution < 1.29 is 4.79 Å². The van der Waals surface area contributed by atoms with Crippen LogP contribution in [-0.2, 0) is 0 Å². The molecule has 1 saturated carbocycles. The molecule has 0 radical (unpaired) electrons. The molecule has 1 aromatic carbocycles. The molecule has 1 aromatic heterocycles. The van der Waals surface area contributed by atoms with Crippen LogP contribution in [0.1, 0.15) is 48.5 Å². The van der Waals surface area contributed by atoms with Crippen LogP contribution < -0.4 is 10.6 Å². The summed E-state index contributed by atoms with van der Waals surface area (Å²) in [4.78, 5) is 19.8. The molecule has 1 atom stereocenters. The second-order valence-corrected chi connectivity index (χ2v) is 9.24. The number of likely N-dealkylation sites (tertiary alicyclic amines) is 1. The van der Waals surface area contributed by atoms with Crippen LogP contribution in [0.4, 0.5) is 11.5 Å². The number of carbonyl (C=O) groups is 1. The maximum Gasteiger partial charge on any atom is 0.258 e. The second kappa shape index (κ2) is 10.7. The van der Waals surface area contributed by atoms with Crippen LogP contribution in [0.25, 0.3) is 0 Å². The molecule has 0 spiro atoms. The van der Waals surface area contributed by atoms with E-state index in [0.717, 1.165) is 29.8 Å². The fourth-order valence-electron chi connectivity index (χ4n) is 4.28. The summed E-state index contributed by atoms with van der Waals surface area (Å²) < 4.78 is 0. The summed E-state index contributed by atoms with van der Waals surface area (Å²) >= 11 is 6.18. The zero-order valence-corrected chi connectivity index (χ0v) is 19.8. The van der Waals surface area contributed by atoms with Gasteiger partial charge in [0.25, 0.3) is 5.91 Å². The summed E-state index contributed by atoms with van der Waals surface area (Å²) in [5.41, 5.74) is 2.41. The van der Waals surface area contributed by atoms with Gasteiger partial charge in [0.15, 0.2) is 0 Å². The van der Waals surface area contributed by atoms with Gasteiger partial charge in [-0.3, -0.25) is 4.79 Å². The van der Waals surface area contributed by atoms with Crippen LogP contribution in [0.15, 0.2) is 36.5 Å². The van der Waals surface area contributed by atoms with Gasteiger partial charge in [-0.25, -0.2) is 4.98 Å². The third-order valence-corrected chi connectivity index (χ3v) is 6.72. The predicted molar refractivity (Wildman–Crippen MR) is 131 cm³/mol. The van der Waals surface area contributed by atoms with Crippen LogP contribution in [0.5, 0.6) is 0 Å². The highest BCUT2D eigenvalue weighted by Crippen LogP contribution is 2.36. The summed E-state index contributed by atoms with van der Waals surface area (Å²) in [6.07, 6.45) is 6.95. The topological polar surface area (TPSA) is 57.3 Å². The smallest absolute Gasteiger partial charge is 0.258 e. The van der Waals surface area contributed by atoms with E-state index < -0.39 is 0 Å². The van der Waals surface area contributed by atoms with Crippen LogP contribution >= 0.6 is 24.0 Å². The summed E-state index contributed by atoms with van der Waals surface area (Å²) in [7, 11) is 0. The van der Waals surface area contributed by atoms with Gasteiger partial charge in [-0.2, -0.15) is 0 Å². The Kier molecular flexibility index (Phi) is 8.20. The van der Waals surface area contributed by atoms with E-state index in [1.54, 1.807) is 18.3 Å². The molecule has 0 bridgehead atoms. The van der Waals surface area contributed by atoms with Crippen molar-refractivity contribution in [3.63, 3.8) is 0 Å². The number of hydrogen-bond donors (Lipinski definition) is 2. The maximum atomic E-state index is 12.9. The molecule has 4 rings (SSSR count). The number of hydrogen-bond acceptors (Lipinski definition) is 4. The second-order valence-electron chi connectivity index (χ2n) is 8.80. The van der Waals surface area contributed by atoms with Crippen molar-refractivity contribution in [1.29, 1.82) is 0 Å². The van der Waals surface area contributed by atoms with E-state index in [0.29, 0.717) is 22.3 Å². The van der Waals surface area contributed by atoms with E-state index in [2.05, 4.69) is 27.4 Å². The summed E-state index contributed by atoms with van der Waals surface area (Å²) in [5, 5.41) is 6.92. The largest absolute Gasteiger partial charge is 0.384 e. The quantitative estimate of drug-likeness (QED) is 0.558. The third-order valence-electron chi connectivity index (χ3n) is 6.49. The van der Waals surface area contributed by atoms with Crippen molar-refractivity contribution in [2.75, 3.05) is 30.3 Å². The van der Waals surface area contributed by atoms with Crippen molar-refractivity contribution in [3.05, 3.63) is 52.7 Å². The van der Waals surface area contributed by atoms with Crippen molar-refractivity contribution in [1.82, 2.24) is 9.88 Å². The Morgan fingerprint density at radius 1 is 1.19 bits per heavy atom. The molecule has 2 aromatic rings. The molecule has 31 heavy (non-hydrogen) atoms. The molecule has 1 amide bonds. The highest BCUT2D eigenvalue weighted by molar-refractivity contribution is 6.31. The SMILES string of the molecule is Cc1ccc(NC(=O)c2cc(Cl)ccc2NCC2CCN(C(C)C3CC3)CC2)nc1.Cl. The lowest BCUT2D eigenvalue weighted by Gasteiger charge is -2.36. The number of piperidine rings is 1. The monoisotopic (exact) mass is 462 g/mol. The van der Waals surface area contributed by atoms with Gasteiger partial charge >= 0.3 is 0 Å². The average molecular weight is 463 g/mol. The number of amides is 1. The number of carbonyl (C=O) groups excluding carboxylic acids is 1. The number of nitrogens with one attached hydrogen (secondary N) is 2. The Labute approximate surface area is 196 Å². The van der Waals surface area contributed by atoms with E-state index in [-0.39, 0.29) is 18.3 Å². The lowest BCUT2D eigenvalue weighted by Crippen LogP contribution is -2.42. The van der Waals surface area contributed by atoms with Crippen molar-refractivity contribution in [3.8, 4) is 0 Å². The zero-order valence-electron chi connectivity index (χ0n) is 18.2. The highest BCUT2D eigenvalue weighted by atomic mass is 35.5. The van der Waals surface area contributed by atoms with E-state index in [4.69, 9.17) is 11.6 Å². The maximum absolute atomic E-state index is 12.9. The zero-order chi connectivity index (χ0) is 21.1. The van der Waals surface area contributed by atoms with E-state index in [1.807, 2.05) is 25.1 Å². The number of anilines is 2. The molecule has 2 fully saturated rings. The van der Waals surface area contributed by atoms with Crippen molar-refractivity contribution in [2.24, 2.45) is 11.8 Å². The van der Waals surface area contributed by atoms with Gasteiger partial charge < -0.3 is 15.5 Å². The first-order valence-corrected chi connectivity index (χ1v) is 11.4. The minimum absolute atomic E-state index is 0. The third kappa shape index (κ3) is 6.34. The molecule has 1 saturated heterocycles. The number of aromatic nitrogens is 1. The fourth-order valence-corrected chi connectivity index (χ4v) is 4.45. The van der Waals surface area contributed by atoms with Crippen LogP contribution in [0.3, 0.4) is 0 Å². The fraction of sp³-hybridized carbons (Fsp3) is 0.500. The molecule has 2 aliphatic rings. The number of benzene rings is 1. The van der Waals surface area contributed by atoms with E-state index in [9.17, 15) is 4.79 Å². The summed E-state index contributed by atoms with van der Waals surface area (Å²) in [5.74, 6) is 1.88. The standard InChI is InChI=1S/C24H31ClN4O.ClH/c1-16-3-8-23(27-14-16)28-24(30)21-13-20(25)6-7-22(21)26-15-18-9-11-29(12-10-18)17(2)19-4-5-19;/h3,6-8,13-14,17-19,26H,4-5,9-12,15H2,1-2H3,(H,27,28,30);1H. The van der Waals surface area contributed by atoms with Crippen LogP contribution in [-0.4, -0.2) is 41.5 Å². The lowest BCUT2D eigenvalue weighted by molar-refractivity contribution is 0.102. The van der Waals surface area contributed by atoms with Crippen molar-refractivity contribution in [2.45, 2.75) is 45.6 Å². The van der Waals surface area contributed by atoms with Crippen LogP contribution in [0.2, 0.25) is 5.02 Å². The Balaban J connectivity index is 0.00000272. The Morgan fingerprint density at radius 2 is 1.94 bits per heavy atom. The summed E-state index contributed by atoms with van der Waals surface area (Å²) in [6.45, 7) is 7.58. The number of halogens is 2. The Hall–Kier alpha value is -1.82. The van der Waals surface area contributed by atoms with Gasteiger partial charge in [-0.1, -0.05) is 17.7 Å². The molecule has 5 nitrogen and oxygen atoms in total. The normalized spacial score (nSPS) is 18.2. The number of nitrogens with zero attached hydrogens (tertiary/aromatic N) is 2. The molecule has 1 aliphatic heterocycles. The van der Waals surface area contributed by atoms with E-state index in [1.165, 1.54) is 38.8 Å². The average Bonchev–Trinajstić information content (AvgIpc) is 3.60. The Morgan fingerprint density at radius 3 is 2.58 bits per heavy atom. The highest BCUT2D eigenvalue weighted by Gasteiger charge is 2.33. The van der Waals surface area contributed by atoms with E-state index >= 15 is 0 Å². The minimum atomic E-state index is -0.204. The first kappa shape index (κ1) is 23.8. The number of rotatable bonds is 7. The van der Waals surface area contributed by atoms with Gasteiger partial charge in [-0.05, 0) is 94.3 Å². The first-order valence-electron chi connectivity index (χ1n) is 11.0. The molecular weight excluding hydrogens is 431 g/mol. The molecule has 168 valence electrons. The van der Waals surface area contributed by atoms with Crippen LogP contribution in [0, 0.1) is 18.8 Å². The Bertz CT molecular complexity index is 878. The predicted octanol–water partition coefficient (Wildman–Crippen LogP) is 5.64. The number of pyridine rings is 1. The van der Waals surface area contributed by atoms with Gasteiger partial charge in [0, 0.05) is 29.5 Å². The molecule has 7 heteroatoms. The van der Waals surface area contributed by atoms with Gasteiger partial charge in [0.05, 0.1) is 5.56 Å². The molecule has 1 aliphatic carbocycles.